The SMILES string of the molecule is CCCCc1ccc(-c2ccc(-c3ccc(CC)cc3)cc2F)cc1.CCCc1ccc(-c2ccc(-c3cc(F)c(F)c(F)c3)c(F)c2)cc1. The Labute approximate surface area is 292 Å². The van der Waals surface area contributed by atoms with E-state index in [9.17, 15) is 22.0 Å². The summed E-state index contributed by atoms with van der Waals surface area (Å²) in [6, 6.07) is 36.0. The largest absolute Gasteiger partial charge is 0.206 e. The highest BCUT2D eigenvalue weighted by molar-refractivity contribution is 5.72. The molecular weight excluding hydrogens is 635 g/mol. The molecule has 50 heavy (non-hydrogen) atoms. The number of hydrogen-bond donors (Lipinski definition) is 0. The average Bonchev–Trinajstić information content (AvgIpc) is 3.14. The average molecular weight is 677 g/mol. The number of halogens is 5. The van der Waals surface area contributed by atoms with Gasteiger partial charge in [0.15, 0.2) is 17.5 Å². The lowest BCUT2D eigenvalue weighted by Gasteiger charge is -2.09. The molecule has 256 valence electrons. The summed E-state index contributed by atoms with van der Waals surface area (Å²) in [4.78, 5) is 0. The van der Waals surface area contributed by atoms with Gasteiger partial charge >= 0.3 is 0 Å². The van der Waals surface area contributed by atoms with Crippen molar-refractivity contribution in [1.82, 2.24) is 0 Å². The monoisotopic (exact) mass is 676 g/mol. The number of hydrogen-bond acceptors (Lipinski definition) is 0. The molecule has 6 rings (SSSR count). The van der Waals surface area contributed by atoms with Crippen molar-refractivity contribution < 1.29 is 22.0 Å². The molecular formula is C45H41F5. The Balaban J connectivity index is 0.000000194. The Hall–Kier alpha value is -5.03. The number of aryl methyl sites for hydroxylation is 3. The summed E-state index contributed by atoms with van der Waals surface area (Å²) in [5, 5.41) is 0. The molecule has 0 fully saturated rings. The molecule has 6 aromatic carbocycles. The lowest BCUT2D eigenvalue weighted by molar-refractivity contribution is 0.447. The van der Waals surface area contributed by atoms with Crippen LogP contribution >= 0.6 is 0 Å². The zero-order chi connectivity index (χ0) is 35.6. The van der Waals surface area contributed by atoms with E-state index >= 15 is 0 Å². The minimum atomic E-state index is -1.56. The van der Waals surface area contributed by atoms with Gasteiger partial charge in [-0.05, 0) is 100 Å². The van der Waals surface area contributed by atoms with Crippen molar-refractivity contribution in [3.05, 3.63) is 167 Å². The molecule has 0 amide bonds. The predicted molar refractivity (Wildman–Crippen MR) is 196 cm³/mol. The summed E-state index contributed by atoms with van der Waals surface area (Å²) in [7, 11) is 0. The van der Waals surface area contributed by atoms with Gasteiger partial charge < -0.3 is 0 Å². The predicted octanol–water partition coefficient (Wildman–Crippen LogP) is 13.6. The van der Waals surface area contributed by atoms with Crippen molar-refractivity contribution in [1.29, 1.82) is 0 Å². The molecule has 0 heterocycles. The molecule has 0 spiro atoms. The van der Waals surface area contributed by atoms with Crippen molar-refractivity contribution in [3.63, 3.8) is 0 Å². The van der Waals surface area contributed by atoms with Crippen molar-refractivity contribution >= 4 is 0 Å². The van der Waals surface area contributed by atoms with Gasteiger partial charge in [0.25, 0.3) is 0 Å². The maximum Gasteiger partial charge on any atom is 0.194 e. The van der Waals surface area contributed by atoms with Gasteiger partial charge in [0.1, 0.15) is 11.6 Å². The van der Waals surface area contributed by atoms with E-state index in [1.165, 1.54) is 41.7 Å². The van der Waals surface area contributed by atoms with Crippen LogP contribution in [0.4, 0.5) is 22.0 Å². The minimum absolute atomic E-state index is 0.0177. The Morgan fingerprint density at radius 3 is 1.20 bits per heavy atom. The van der Waals surface area contributed by atoms with Crippen molar-refractivity contribution in [3.8, 4) is 44.5 Å². The molecule has 0 aromatic heterocycles. The lowest BCUT2D eigenvalue weighted by Crippen LogP contribution is -1.94. The topological polar surface area (TPSA) is 0 Å². The highest BCUT2D eigenvalue weighted by atomic mass is 19.2. The van der Waals surface area contributed by atoms with Crippen LogP contribution in [0.2, 0.25) is 0 Å². The molecule has 0 unspecified atom stereocenters. The number of benzene rings is 6. The number of rotatable bonds is 10. The molecule has 0 saturated carbocycles. The summed E-state index contributed by atoms with van der Waals surface area (Å²) >= 11 is 0. The third-order valence-corrected chi connectivity index (χ3v) is 8.84. The molecule has 0 aliphatic heterocycles. The first-order valence-corrected chi connectivity index (χ1v) is 17.2. The third-order valence-electron chi connectivity index (χ3n) is 8.84. The van der Waals surface area contributed by atoms with E-state index in [0.29, 0.717) is 11.1 Å². The van der Waals surface area contributed by atoms with Gasteiger partial charge in [-0.15, -0.1) is 0 Å². The van der Waals surface area contributed by atoms with Crippen LogP contribution in [0.1, 0.15) is 56.7 Å². The Bertz CT molecular complexity index is 1990. The smallest absolute Gasteiger partial charge is 0.194 e. The maximum absolute atomic E-state index is 14.7. The molecule has 6 aromatic rings. The number of unbranched alkanes of at least 4 members (excludes halogenated alkanes) is 1. The highest BCUT2D eigenvalue weighted by Crippen LogP contribution is 2.31. The van der Waals surface area contributed by atoms with E-state index in [0.717, 1.165) is 60.1 Å². The first-order valence-electron chi connectivity index (χ1n) is 17.2. The Morgan fingerprint density at radius 1 is 0.360 bits per heavy atom. The molecule has 0 bridgehead atoms. The van der Waals surface area contributed by atoms with Gasteiger partial charge in [-0.3, -0.25) is 0 Å². The lowest BCUT2D eigenvalue weighted by atomic mass is 9.97. The van der Waals surface area contributed by atoms with Crippen LogP contribution in [0.5, 0.6) is 0 Å². The summed E-state index contributed by atoms with van der Waals surface area (Å²) in [5.74, 6) is -5.04. The van der Waals surface area contributed by atoms with E-state index < -0.39 is 23.3 Å². The molecule has 0 atom stereocenters. The fourth-order valence-electron chi connectivity index (χ4n) is 5.89. The molecule has 0 nitrogen and oxygen atoms in total. The van der Waals surface area contributed by atoms with Crippen molar-refractivity contribution in [2.24, 2.45) is 0 Å². The molecule has 0 radical (unpaired) electrons. The van der Waals surface area contributed by atoms with Gasteiger partial charge in [0.05, 0.1) is 0 Å². The highest BCUT2D eigenvalue weighted by Gasteiger charge is 2.15. The molecule has 0 saturated heterocycles. The first kappa shape index (κ1) is 36.3. The third kappa shape index (κ3) is 8.95. The summed E-state index contributed by atoms with van der Waals surface area (Å²) in [6.07, 6.45) is 6.52. The van der Waals surface area contributed by atoms with Crippen molar-refractivity contribution in [2.75, 3.05) is 0 Å². The van der Waals surface area contributed by atoms with Gasteiger partial charge in [-0.2, -0.15) is 0 Å². The molecule has 0 N–H and O–H groups in total. The zero-order valence-electron chi connectivity index (χ0n) is 28.7. The van der Waals surface area contributed by atoms with Crippen LogP contribution in [0.25, 0.3) is 44.5 Å². The Kier molecular flexibility index (Phi) is 12.4. The minimum Gasteiger partial charge on any atom is -0.206 e. The fraction of sp³-hybridized carbons (Fsp3) is 0.200. The second kappa shape index (κ2) is 17.1. The summed E-state index contributed by atoms with van der Waals surface area (Å²) < 4.78 is 68.9. The van der Waals surface area contributed by atoms with Crippen LogP contribution < -0.4 is 0 Å². The molecule has 0 aliphatic carbocycles. The van der Waals surface area contributed by atoms with Crippen molar-refractivity contribution in [2.45, 2.75) is 59.3 Å². The van der Waals surface area contributed by atoms with Crippen LogP contribution in [0.15, 0.2) is 121 Å². The Morgan fingerprint density at radius 2 is 0.760 bits per heavy atom. The van der Waals surface area contributed by atoms with E-state index in [1.54, 1.807) is 12.1 Å². The van der Waals surface area contributed by atoms with Gasteiger partial charge in [0, 0.05) is 11.1 Å². The molecule has 5 heteroatoms. The van der Waals surface area contributed by atoms with E-state index in [1.807, 2.05) is 48.5 Å². The first-order chi connectivity index (χ1) is 24.2. The second-order valence-corrected chi connectivity index (χ2v) is 12.4. The standard InChI is InChI=1S/C24H25F.C21H16F4/c1-3-5-6-19-9-13-21(14-10-19)23-16-15-22(17-24(23)25)20-11-7-18(4-2)8-12-20;1-2-3-13-4-6-14(7-5-13)15-8-9-17(18(22)10-15)16-11-19(23)21(25)20(24)12-16/h7-17H,3-6H2,1-2H3;4-12H,2-3H2,1H3. The van der Waals surface area contributed by atoms with Gasteiger partial charge in [-0.25, -0.2) is 22.0 Å². The van der Waals surface area contributed by atoms with Gasteiger partial charge in [-0.1, -0.05) is 131 Å². The molecule has 0 aliphatic rings. The summed E-state index contributed by atoms with van der Waals surface area (Å²) in [6.45, 7) is 6.43. The van der Waals surface area contributed by atoms with Crippen LogP contribution in [0, 0.1) is 29.1 Å². The van der Waals surface area contributed by atoms with E-state index in [-0.39, 0.29) is 16.9 Å². The zero-order valence-corrected chi connectivity index (χ0v) is 28.7. The van der Waals surface area contributed by atoms with Crippen LogP contribution in [0.3, 0.4) is 0 Å². The maximum atomic E-state index is 14.7. The summed E-state index contributed by atoms with van der Waals surface area (Å²) in [5.41, 5.74) is 8.88. The fourth-order valence-corrected chi connectivity index (χ4v) is 5.89. The van der Waals surface area contributed by atoms with Crippen LogP contribution in [-0.2, 0) is 19.3 Å². The van der Waals surface area contributed by atoms with E-state index in [4.69, 9.17) is 0 Å². The van der Waals surface area contributed by atoms with E-state index in [2.05, 4.69) is 57.2 Å². The normalized spacial score (nSPS) is 10.9. The quantitative estimate of drug-likeness (QED) is 0.100. The van der Waals surface area contributed by atoms with Crippen LogP contribution in [-0.4, -0.2) is 0 Å². The second-order valence-electron chi connectivity index (χ2n) is 12.4. The van der Waals surface area contributed by atoms with Gasteiger partial charge in [0.2, 0.25) is 0 Å².